The van der Waals surface area contributed by atoms with Gasteiger partial charge in [-0.2, -0.15) is 5.10 Å². The lowest BCUT2D eigenvalue weighted by atomic mass is 9.85. The molecular weight excluding hydrogens is 256 g/mol. The van der Waals surface area contributed by atoms with E-state index in [-0.39, 0.29) is 0 Å². The summed E-state index contributed by atoms with van der Waals surface area (Å²) in [5, 5.41) is 7.23. The molecule has 0 aromatic carbocycles. The van der Waals surface area contributed by atoms with Crippen molar-refractivity contribution in [3.63, 3.8) is 0 Å². The van der Waals surface area contributed by atoms with Crippen LogP contribution in [0.5, 0.6) is 0 Å². The van der Waals surface area contributed by atoms with Gasteiger partial charge in [0.2, 0.25) is 0 Å². The minimum Gasteiger partial charge on any atom is -0.444 e. The number of nitrogens with one attached hydrogen (secondary N) is 1. The molecule has 6 heteroatoms. The number of aromatic nitrogens is 2. The molecule has 0 saturated heterocycles. The summed E-state index contributed by atoms with van der Waals surface area (Å²) < 4.78 is 6.99. The van der Waals surface area contributed by atoms with E-state index in [0.29, 0.717) is 13.1 Å². The lowest BCUT2D eigenvalue weighted by Crippen LogP contribution is -2.45. The van der Waals surface area contributed by atoms with Gasteiger partial charge in [0, 0.05) is 31.7 Å². The highest BCUT2D eigenvalue weighted by Gasteiger charge is 2.31. The Kier molecular flexibility index (Phi) is 4.81. The summed E-state index contributed by atoms with van der Waals surface area (Å²) in [6.45, 7) is 10.2. The number of rotatable bonds is 4. The summed E-state index contributed by atoms with van der Waals surface area (Å²) in [5.74, 6) is 0. The highest BCUT2D eigenvalue weighted by atomic mass is 16.6. The van der Waals surface area contributed by atoms with E-state index in [1.165, 1.54) is 0 Å². The lowest BCUT2D eigenvalue weighted by Gasteiger charge is -2.28. The molecule has 0 aliphatic heterocycles. The smallest absolute Gasteiger partial charge is 0.407 e. The largest absolute Gasteiger partial charge is 0.444 e. The number of aryl methyl sites for hydroxylation is 2. The van der Waals surface area contributed by atoms with Crippen LogP contribution >= 0.6 is 0 Å². The zero-order valence-corrected chi connectivity index (χ0v) is 13.3. The summed E-state index contributed by atoms with van der Waals surface area (Å²) in [7, 11) is 1.87. The molecule has 0 spiro atoms. The van der Waals surface area contributed by atoms with Gasteiger partial charge in [-0.3, -0.25) is 4.68 Å². The van der Waals surface area contributed by atoms with Gasteiger partial charge in [-0.25, -0.2) is 4.79 Å². The Bertz CT molecular complexity index is 476. The topological polar surface area (TPSA) is 82.2 Å². The molecule has 1 aromatic rings. The second-order valence-electron chi connectivity index (χ2n) is 6.45. The van der Waals surface area contributed by atoms with Crippen molar-refractivity contribution in [1.82, 2.24) is 15.1 Å². The first kappa shape index (κ1) is 16.5. The normalized spacial score (nSPS) is 14.8. The first-order valence-corrected chi connectivity index (χ1v) is 6.75. The average Bonchev–Trinajstić information content (AvgIpc) is 2.64. The van der Waals surface area contributed by atoms with Gasteiger partial charge in [-0.15, -0.1) is 0 Å². The standard InChI is InChI=1S/C14H26N4O2/c1-10-7-18(6)17-11(10)14(5,8-15)9-16-12(19)20-13(2,3)4/h7H,8-9,15H2,1-6H3,(H,16,19). The quantitative estimate of drug-likeness (QED) is 0.876. The predicted molar refractivity (Wildman–Crippen MR) is 78.6 cm³/mol. The molecule has 6 nitrogen and oxygen atoms in total. The first-order valence-electron chi connectivity index (χ1n) is 6.75. The van der Waals surface area contributed by atoms with Gasteiger partial charge in [0.15, 0.2) is 0 Å². The van der Waals surface area contributed by atoms with Crippen LogP contribution in [0.1, 0.15) is 39.0 Å². The maximum Gasteiger partial charge on any atom is 0.407 e. The Morgan fingerprint density at radius 2 is 2.05 bits per heavy atom. The van der Waals surface area contributed by atoms with Crippen LogP contribution in [0.3, 0.4) is 0 Å². The number of nitrogens with two attached hydrogens (primary N) is 1. The fourth-order valence-corrected chi connectivity index (χ4v) is 2.04. The van der Waals surface area contributed by atoms with Crippen molar-refractivity contribution < 1.29 is 9.53 Å². The fraction of sp³-hybridized carbons (Fsp3) is 0.714. The molecule has 1 amide bonds. The van der Waals surface area contributed by atoms with Gasteiger partial charge in [-0.05, 0) is 33.3 Å². The number of alkyl carbamates (subject to hydrolysis) is 1. The number of carbonyl (C=O) groups excluding carboxylic acids is 1. The van der Waals surface area contributed by atoms with Crippen molar-refractivity contribution in [2.45, 2.75) is 45.6 Å². The van der Waals surface area contributed by atoms with Crippen LogP contribution in [0, 0.1) is 6.92 Å². The van der Waals surface area contributed by atoms with Crippen LogP contribution in [0.2, 0.25) is 0 Å². The third-order valence-corrected chi connectivity index (χ3v) is 3.06. The number of amides is 1. The molecular formula is C14H26N4O2. The molecule has 0 aliphatic rings. The Morgan fingerprint density at radius 3 is 2.45 bits per heavy atom. The minimum atomic E-state index is -0.510. The molecule has 1 rings (SSSR count). The molecule has 0 bridgehead atoms. The zero-order valence-electron chi connectivity index (χ0n) is 13.3. The molecule has 20 heavy (non-hydrogen) atoms. The van der Waals surface area contributed by atoms with Crippen LogP contribution in [-0.4, -0.2) is 34.6 Å². The first-order chi connectivity index (χ1) is 9.07. The highest BCUT2D eigenvalue weighted by Crippen LogP contribution is 2.23. The van der Waals surface area contributed by atoms with Crippen LogP contribution in [-0.2, 0) is 17.2 Å². The van der Waals surface area contributed by atoms with Gasteiger partial charge in [0.1, 0.15) is 5.60 Å². The monoisotopic (exact) mass is 282 g/mol. The maximum atomic E-state index is 11.7. The SMILES string of the molecule is Cc1cn(C)nc1C(C)(CN)CNC(=O)OC(C)(C)C. The molecule has 0 aliphatic carbocycles. The van der Waals surface area contributed by atoms with Gasteiger partial charge < -0.3 is 15.8 Å². The molecule has 114 valence electrons. The summed E-state index contributed by atoms with van der Waals surface area (Å²) >= 11 is 0. The van der Waals surface area contributed by atoms with Crippen molar-refractivity contribution in [1.29, 1.82) is 0 Å². The predicted octanol–water partition coefficient (Wildman–Crippen LogP) is 1.47. The van der Waals surface area contributed by atoms with Crippen molar-refractivity contribution in [2.24, 2.45) is 12.8 Å². The van der Waals surface area contributed by atoms with Crippen LogP contribution in [0.4, 0.5) is 4.79 Å². The fourth-order valence-electron chi connectivity index (χ4n) is 2.04. The molecule has 0 saturated carbocycles. The Hall–Kier alpha value is -1.56. The summed E-state index contributed by atoms with van der Waals surface area (Å²) in [6, 6.07) is 0. The van der Waals surface area contributed by atoms with E-state index in [4.69, 9.17) is 10.5 Å². The number of hydrogen-bond acceptors (Lipinski definition) is 4. The highest BCUT2D eigenvalue weighted by molar-refractivity contribution is 5.67. The van der Waals surface area contributed by atoms with Crippen LogP contribution in [0.25, 0.3) is 0 Å². The van der Waals surface area contributed by atoms with Gasteiger partial charge in [0.25, 0.3) is 0 Å². The second-order valence-corrected chi connectivity index (χ2v) is 6.45. The van der Waals surface area contributed by atoms with E-state index in [9.17, 15) is 4.79 Å². The Morgan fingerprint density at radius 1 is 1.45 bits per heavy atom. The maximum absolute atomic E-state index is 11.7. The van der Waals surface area contributed by atoms with Crippen LogP contribution < -0.4 is 11.1 Å². The van der Waals surface area contributed by atoms with E-state index >= 15 is 0 Å². The molecule has 1 unspecified atom stereocenters. The van der Waals surface area contributed by atoms with E-state index in [1.807, 2.05) is 47.9 Å². The molecule has 3 N–H and O–H groups in total. The van der Waals surface area contributed by atoms with Gasteiger partial charge in [0.05, 0.1) is 5.69 Å². The summed E-state index contributed by atoms with van der Waals surface area (Å²) in [4.78, 5) is 11.7. The Balaban J connectivity index is 2.76. The number of hydrogen-bond donors (Lipinski definition) is 2. The molecule has 0 fully saturated rings. The zero-order chi connectivity index (χ0) is 15.6. The Labute approximate surface area is 120 Å². The molecule has 1 atom stereocenters. The third kappa shape index (κ3) is 4.23. The average molecular weight is 282 g/mol. The van der Waals surface area contributed by atoms with E-state index in [2.05, 4.69) is 10.4 Å². The van der Waals surface area contributed by atoms with Gasteiger partial charge >= 0.3 is 6.09 Å². The van der Waals surface area contributed by atoms with Crippen molar-refractivity contribution in [3.8, 4) is 0 Å². The second kappa shape index (κ2) is 5.83. The number of carbonyl (C=O) groups is 1. The number of nitrogens with zero attached hydrogens (tertiary/aromatic N) is 2. The summed E-state index contributed by atoms with van der Waals surface area (Å²) in [6.07, 6.45) is 1.50. The van der Waals surface area contributed by atoms with E-state index in [0.717, 1.165) is 11.3 Å². The van der Waals surface area contributed by atoms with E-state index < -0.39 is 17.1 Å². The molecule has 1 aromatic heterocycles. The van der Waals surface area contributed by atoms with Crippen LogP contribution in [0.15, 0.2) is 6.20 Å². The van der Waals surface area contributed by atoms with Gasteiger partial charge in [-0.1, -0.05) is 6.92 Å². The summed E-state index contributed by atoms with van der Waals surface area (Å²) in [5.41, 5.74) is 6.93. The lowest BCUT2D eigenvalue weighted by molar-refractivity contribution is 0.0516. The third-order valence-electron chi connectivity index (χ3n) is 3.06. The molecule has 1 heterocycles. The van der Waals surface area contributed by atoms with Crippen molar-refractivity contribution in [3.05, 3.63) is 17.5 Å². The van der Waals surface area contributed by atoms with Crippen molar-refractivity contribution >= 4 is 6.09 Å². The molecule has 0 radical (unpaired) electrons. The van der Waals surface area contributed by atoms with E-state index in [1.54, 1.807) is 4.68 Å². The van der Waals surface area contributed by atoms with Crippen molar-refractivity contribution in [2.75, 3.05) is 13.1 Å². The number of ether oxygens (including phenoxy) is 1. The minimum absolute atomic E-state index is 0.385.